The number of hydrogen-bond donors (Lipinski definition) is 3. The van der Waals surface area contributed by atoms with Gasteiger partial charge in [-0.2, -0.15) is 0 Å². The number of fused-ring (bicyclic) bond motifs is 2. The highest BCUT2D eigenvalue weighted by atomic mass is 32.2. The van der Waals surface area contributed by atoms with Crippen molar-refractivity contribution in [2.75, 3.05) is 42.3 Å². The van der Waals surface area contributed by atoms with Gasteiger partial charge in [0.25, 0.3) is 21.8 Å². The highest BCUT2D eigenvalue weighted by molar-refractivity contribution is 7.92. The fraction of sp³-hybridized carbons (Fsp3) is 0.333. The van der Waals surface area contributed by atoms with E-state index in [1.165, 1.54) is 23.2 Å². The number of para-hydroxylation sites is 1. The van der Waals surface area contributed by atoms with Gasteiger partial charge >= 0.3 is 0 Å². The monoisotopic (exact) mass is 559 g/mol. The summed E-state index contributed by atoms with van der Waals surface area (Å²) in [4.78, 5) is 31.7. The lowest BCUT2D eigenvalue weighted by Gasteiger charge is -2.20. The van der Waals surface area contributed by atoms with E-state index in [-0.39, 0.29) is 16.7 Å². The molecule has 6 rings (SSSR count). The van der Waals surface area contributed by atoms with Gasteiger partial charge in [-0.1, -0.05) is 18.2 Å². The van der Waals surface area contributed by atoms with E-state index < -0.39 is 10.0 Å². The zero-order valence-corrected chi connectivity index (χ0v) is 23.5. The fourth-order valence-electron chi connectivity index (χ4n) is 5.98. The van der Waals surface area contributed by atoms with Crippen LogP contribution >= 0.6 is 0 Å². The van der Waals surface area contributed by atoms with Crippen molar-refractivity contribution in [3.8, 4) is 0 Å². The minimum absolute atomic E-state index is 0.128. The summed E-state index contributed by atoms with van der Waals surface area (Å²) in [6.07, 6.45) is 4.77. The summed E-state index contributed by atoms with van der Waals surface area (Å²) in [7, 11) is -3.82. The second-order valence-electron chi connectivity index (χ2n) is 10.6. The molecule has 40 heavy (non-hydrogen) atoms. The van der Waals surface area contributed by atoms with E-state index in [1.54, 1.807) is 18.2 Å². The minimum Gasteiger partial charge on any atom is -0.358 e. The standard InChI is InChI=1S/C30H33N5O4S/c1-19-26(32-20(2)28(19)30(37)31-12-16-34-13-5-6-14-34)18-24-23-17-22(9-10-25(23)33-29(24)36)40(38,39)35-15-11-21-7-3-4-8-27(21)35/h3-4,7-10,17-18,32H,5-6,11-16H2,1-2H3,(H,31,37)(H,33,36)/b24-18-. The van der Waals surface area contributed by atoms with Crippen LogP contribution in [-0.2, 0) is 21.2 Å². The number of rotatable bonds is 7. The predicted octanol–water partition coefficient (Wildman–Crippen LogP) is 3.70. The Labute approximate surface area is 234 Å². The van der Waals surface area contributed by atoms with Gasteiger partial charge < -0.3 is 20.5 Å². The van der Waals surface area contributed by atoms with Crippen LogP contribution in [0.4, 0.5) is 11.4 Å². The molecule has 1 saturated heterocycles. The van der Waals surface area contributed by atoms with Crippen molar-refractivity contribution >= 4 is 44.9 Å². The van der Waals surface area contributed by atoms with Gasteiger partial charge in [-0.3, -0.25) is 13.9 Å². The van der Waals surface area contributed by atoms with Crippen LogP contribution in [0.2, 0.25) is 0 Å². The third kappa shape index (κ3) is 4.61. The number of nitrogens with one attached hydrogen (secondary N) is 3. The number of nitrogens with zero attached hydrogens (tertiary/aromatic N) is 2. The number of likely N-dealkylation sites (tertiary alicyclic amines) is 1. The molecule has 2 aromatic carbocycles. The van der Waals surface area contributed by atoms with Crippen LogP contribution in [0.1, 0.15) is 51.3 Å². The normalized spacial score (nSPS) is 17.8. The van der Waals surface area contributed by atoms with E-state index >= 15 is 0 Å². The zero-order chi connectivity index (χ0) is 28.0. The number of amides is 2. The van der Waals surface area contributed by atoms with Gasteiger partial charge in [0.15, 0.2) is 0 Å². The maximum atomic E-state index is 13.6. The first-order valence-electron chi connectivity index (χ1n) is 13.7. The number of H-pyrrole nitrogens is 1. The summed E-state index contributed by atoms with van der Waals surface area (Å²) in [5.41, 5.74) is 5.76. The third-order valence-electron chi connectivity index (χ3n) is 8.11. The Morgan fingerprint density at radius 2 is 1.85 bits per heavy atom. The Morgan fingerprint density at radius 3 is 2.65 bits per heavy atom. The molecule has 4 heterocycles. The molecular formula is C30H33N5O4S. The number of aromatic amines is 1. The number of benzene rings is 2. The molecule has 0 spiro atoms. The number of anilines is 2. The first kappa shape index (κ1) is 26.3. The van der Waals surface area contributed by atoms with Crippen LogP contribution in [0.15, 0.2) is 47.4 Å². The summed E-state index contributed by atoms with van der Waals surface area (Å²) in [5, 5.41) is 5.86. The Balaban J connectivity index is 1.27. The molecular weight excluding hydrogens is 526 g/mol. The summed E-state index contributed by atoms with van der Waals surface area (Å²) in [6, 6.07) is 12.2. The van der Waals surface area contributed by atoms with Crippen molar-refractivity contribution in [1.29, 1.82) is 0 Å². The molecule has 2 amide bonds. The maximum Gasteiger partial charge on any atom is 0.264 e. The van der Waals surface area contributed by atoms with Crippen LogP contribution < -0.4 is 14.9 Å². The molecule has 3 aromatic rings. The molecule has 10 heteroatoms. The van der Waals surface area contributed by atoms with Crippen LogP contribution in [0.25, 0.3) is 11.6 Å². The number of carbonyl (C=O) groups excluding carboxylic acids is 2. The zero-order valence-electron chi connectivity index (χ0n) is 22.7. The topological polar surface area (TPSA) is 115 Å². The van der Waals surface area contributed by atoms with E-state index in [9.17, 15) is 18.0 Å². The van der Waals surface area contributed by atoms with Crippen molar-refractivity contribution in [2.24, 2.45) is 0 Å². The van der Waals surface area contributed by atoms with Gasteiger partial charge in [0.05, 0.1) is 21.7 Å². The Bertz CT molecular complexity index is 1650. The minimum atomic E-state index is -3.82. The molecule has 0 radical (unpaired) electrons. The number of sulfonamides is 1. The van der Waals surface area contributed by atoms with Crippen molar-refractivity contribution in [3.63, 3.8) is 0 Å². The Kier molecular flexibility index (Phi) is 6.75. The predicted molar refractivity (Wildman–Crippen MR) is 156 cm³/mol. The Morgan fingerprint density at radius 1 is 1.07 bits per heavy atom. The van der Waals surface area contributed by atoms with Crippen molar-refractivity contribution in [1.82, 2.24) is 15.2 Å². The van der Waals surface area contributed by atoms with Crippen molar-refractivity contribution in [2.45, 2.75) is 38.0 Å². The molecule has 0 unspecified atom stereocenters. The molecule has 0 atom stereocenters. The van der Waals surface area contributed by atoms with Gasteiger partial charge in [0.2, 0.25) is 0 Å². The van der Waals surface area contributed by atoms with E-state index in [2.05, 4.69) is 20.5 Å². The molecule has 0 aliphatic carbocycles. The highest BCUT2D eigenvalue weighted by Crippen LogP contribution is 2.38. The summed E-state index contributed by atoms with van der Waals surface area (Å²) in [5.74, 6) is -0.468. The van der Waals surface area contributed by atoms with E-state index in [1.807, 2.05) is 38.1 Å². The van der Waals surface area contributed by atoms with Gasteiger partial charge in [-0.25, -0.2) is 8.42 Å². The molecule has 9 nitrogen and oxygen atoms in total. The molecule has 3 aliphatic rings. The molecule has 0 saturated carbocycles. The van der Waals surface area contributed by atoms with Gasteiger partial charge in [-0.15, -0.1) is 0 Å². The average molecular weight is 560 g/mol. The second kappa shape index (κ2) is 10.3. The van der Waals surface area contributed by atoms with Gasteiger partial charge in [0, 0.05) is 42.3 Å². The number of aromatic nitrogens is 1. The SMILES string of the molecule is Cc1[nH]c(/C=C2\C(=O)Nc3ccc(S(=O)(=O)N4CCc5ccccc54)cc32)c(C)c1C(=O)NCCN1CCCC1. The second-order valence-corrected chi connectivity index (χ2v) is 12.5. The van der Waals surface area contributed by atoms with Gasteiger partial charge in [0.1, 0.15) is 0 Å². The number of aryl methyl sites for hydroxylation is 1. The van der Waals surface area contributed by atoms with Crippen LogP contribution in [-0.4, -0.2) is 62.8 Å². The fourth-order valence-corrected chi connectivity index (χ4v) is 7.51. The first-order valence-corrected chi connectivity index (χ1v) is 15.2. The van der Waals surface area contributed by atoms with Crippen molar-refractivity contribution < 1.29 is 18.0 Å². The largest absolute Gasteiger partial charge is 0.358 e. The van der Waals surface area contributed by atoms with Crippen LogP contribution in [0.5, 0.6) is 0 Å². The number of carbonyl (C=O) groups is 2. The van der Waals surface area contributed by atoms with E-state index in [0.29, 0.717) is 59.0 Å². The Hall–Kier alpha value is -3.89. The van der Waals surface area contributed by atoms with E-state index in [0.717, 1.165) is 30.8 Å². The lowest BCUT2D eigenvalue weighted by Crippen LogP contribution is -2.33. The smallest absolute Gasteiger partial charge is 0.264 e. The van der Waals surface area contributed by atoms with E-state index in [4.69, 9.17) is 0 Å². The first-order chi connectivity index (χ1) is 19.2. The van der Waals surface area contributed by atoms with Crippen LogP contribution in [0.3, 0.4) is 0 Å². The molecule has 3 aliphatic heterocycles. The van der Waals surface area contributed by atoms with Gasteiger partial charge in [-0.05, 0) is 87.7 Å². The van der Waals surface area contributed by atoms with Crippen LogP contribution in [0, 0.1) is 13.8 Å². The molecule has 0 bridgehead atoms. The third-order valence-corrected chi connectivity index (χ3v) is 9.92. The lowest BCUT2D eigenvalue weighted by molar-refractivity contribution is -0.110. The maximum absolute atomic E-state index is 13.6. The molecule has 208 valence electrons. The molecule has 1 aromatic heterocycles. The summed E-state index contributed by atoms with van der Waals surface area (Å²) < 4.78 is 28.7. The van der Waals surface area contributed by atoms with Crippen molar-refractivity contribution in [3.05, 3.63) is 76.1 Å². The average Bonchev–Trinajstić information content (AvgIpc) is 3.71. The quantitative estimate of drug-likeness (QED) is 0.382. The number of hydrogen-bond acceptors (Lipinski definition) is 5. The molecule has 1 fully saturated rings. The lowest BCUT2D eigenvalue weighted by atomic mass is 10.0. The molecule has 3 N–H and O–H groups in total. The highest BCUT2D eigenvalue weighted by Gasteiger charge is 2.33. The summed E-state index contributed by atoms with van der Waals surface area (Å²) in [6.45, 7) is 7.63. The summed E-state index contributed by atoms with van der Waals surface area (Å²) >= 11 is 0.